The van der Waals surface area contributed by atoms with E-state index in [0.717, 1.165) is 24.3 Å². The van der Waals surface area contributed by atoms with Gasteiger partial charge in [0.25, 0.3) is 0 Å². The van der Waals surface area contributed by atoms with Crippen LogP contribution in [0.2, 0.25) is 0 Å². The number of ether oxygens (including phenoxy) is 1. The standard InChI is InChI=1S/C12H24N2O4S/c1-18-12(3-6-19-7-4-12)9-13-11(17)14-10(8-16)2-5-15/h10,15-16H,2-9H2,1H3,(H2,13,14,17). The molecule has 1 aliphatic rings. The third-order valence-electron chi connectivity index (χ3n) is 3.44. The summed E-state index contributed by atoms with van der Waals surface area (Å²) >= 11 is 1.90. The molecule has 112 valence electrons. The first-order chi connectivity index (χ1) is 9.15. The second-order valence-electron chi connectivity index (χ2n) is 4.72. The molecule has 1 unspecified atom stereocenters. The average molecular weight is 292 g/mol. The van der Waals surface area contributed by atoms with Crippen LogP contribution in [0.4, 0.5) is 4.79 Å². The van der Waals surface area contributed by atoms with Gasteiger partial charge < -0.3 is 25.6 Å². The normalized spacial score (nSPS) is 19.7. The lowest BCUT2D eigenvalue weighted by Gasteiger charge is -2.35. The number of thioether (sulfide) groups is 1. The molecule has 1 atom stereocenters. The van der Waals surface area contributed by atoms with Crippen LogP contribution in [-0.2, 0) is 4.74 Å². The smallest absolute Gasteiger partial charge is 0.315 e. The molecule has 0 bridgehead atoms. The van der Waals surface area contributed by atoms with Crippen LogP contribution in [0.25, 0.3) is 0 Å². The molecule has 4 N–H and O–H groups in total. The number of amides is 2. The zero-order chi connectivity index (χ0) is 14.1. The number of hydrogen-bond acceptors (Lipinski definition) is 5. The van der Waals surface area contributed by atoms with E-state index in [1.54, 1.807) is 7.11 Å². The van der Waals surface area contributed by atoms with Gasteiger partial charge in [-0.25, -0.2) is 4.79 Å². The van der Waals surface area contributed by atoms with Crippen LogP contribution in [0.5, 0.6) is 0 Å². The summed E-state index contributed by atoms with van der Waals surface area (Å²) in [7, 11) is 1.68. The van der Waals surface area contributed by atoms with Crippen LogP contribution in [0.3, 0.4) is 0 Å². The zero-order valence-corrected chi connectivity index (χ0v) is 12.2. The molecule has 0 saturated carbocycles. The number of hydrogen-bond donors (Lipinski definition) is 4. The topological polar surface area (TPSA) is 90.8 Å². The highest BCUT2D eigenvalue weighted by Gasteiger charge is 2.32. The maximum Gasteiger partial charge on any atom is 0.315 e. The molecule has 0 aliphatic carbocycles. The van der Waals surface area contributed by atoms with Crippen molar-refractivity contribution in [1.82, 2.24) is 10.6 Å². The molecule has 1 heterocycles. The van der Waals surface area contributed by atoms with Crippen molar-refractivity contribution in [3.05, 3.63) is 0 Å². The summed E-state index contributed by atoms with van der Waals surface area (Å²) in [6, 6.07) is -0.743. The molecule has 1 aliphatic heterocycles. The quantitative estimate of drug-likeness (QED) is 0.528. The number of carbonyl (C=O) groups is 1. The number of aliphatic hydroxyl groups excluding tert-OH is 2. The van der Waals surface area contributed by atoms with Crippen LogP contribution in [0.15, 0.2) is 0 Å². The van der Waals surface area contributed by atoms with Gasteiger partial charge in [0.2, 0.25) is 0 Å². The van der Waals surface area contributed by atoms with Gasteiger partial charge in [0, 0.05) is 20.3 Å². The first-order valence-corrected chi connectivity index (χ1v) is 7.70. The molecule has 1 rings (SSSR count). The van der Waals surface area contributed by atoms with E-state index in [0.29, 0.717) is 13.0 Å². The van der Waals surface area contributed by atoms with Gasteiger partial charge in [-0.2, -0.15) is 11.8 Å². The highest BCUT2D eigenvalue weighted by molar-refractivity contribution is 7.99. The monoisotopic (exact) mass is 292 g/mol. The minimum Gasteiger partial charge on any atom is -0.396 e. The summed E-state index contributed by atoms with van der Waals surface area (Å²) in [6.45, 7) is 0.220. The Morgan fingerprint density at radius 3 is 2.63 bits per heavy atom. The maximum atomic E-state index is 11.7. The molecule has 6 nitrogen and oxygen atoms in total. The molecule has 1 fully saturated rings. The Morgan fingerprint density at radius 2 is 2.11 bits per heavy atom. The van der Waals surface area contributed by atoms with E-state index < -0.39 is 6.04 Å². The molecular weight excluding hydrogens is 268 g/mol. The largest absolute Gasteiger partial charge is 0.396 e. The van der Waals surface area contributed by atoms with Gasteiger partial charge in [-0.1, -0.05) is 0 Å². The second kappa shape index (κ2) is 8.63. The zero-order valence-electron chi connectivity index (χ0n) is 11.4. The van der Waals surface area contributed by atoms with Crippen molar-refractivity contribution < 1.29 is 19.7 Å². The van der Waals surface area contributed by atoms with Gasteiger partial charge in [-0.3, -0.25) is 0 Å². The molecule has 19 heavy (non-hydrogen) atoms. The molecular formula is C12H24N2O4S. The van der Waals surface area contributed by atoms with Gasteiger partial charge in [0.15, 0.2) is 0 Å². The fourth-order valence-corrected chi connectivity index (χ4v) is 3.28. The molecule has 2 amide bonds. The summed E-state index contributed by atoms with van der Waals surface area (Å²) in [4.78, 5) is 11.7. The van der Waals surface area contributed by atoms with Crippen LogP contribution >= 0.6 is 11.8 Å². The molecule has 0 aromatic rings. The molecule has 1 saturated heterocycles. The van der Waals surface area contributed by atoms with Gasteiger partial charge >= 0.3 is 6.03 Å². The molecule has 0 radical (unpaired) electrons. The third kappa shape index (κ3) is 5.56. The summed E-state index contributed by atoms with van der Waals surface area (Å²) in [5.74, 6) is 2.09. The Bertz CT molecular complexity index is 272. The van der Waals surface area contributed by atoms with Gasteiger partial charge in [0.05, 0.1) is 18.2 Å². The van der Waals surface area contributed by atoms with Crippen molar-refractivity contribution in [2.45, 2.75) is 30.9 Å². The van der Waals surface area contributed by atoms with E-state index in [2.05, 4.69) is 10.6 Å². The van der Waals surface area contributed by atoms with E-state index in [4.69, 9.17) is 14.9 Å². The van der Waals surface area contributed by atoms with Crippen LogP contribution in [0.1, 0.15) is 19.3 Å². The Labute approximate surface area is 118 Å². The summed E-state index contributed by atoms with van der Waals surface area (Å²) in [5, 5.41) is 23.2. The highest BCUT2D eigenvalue weighted by atomic mass is 32.2. The minimum atomic E-state index is -0.412. The summed E-state index contributed by atoms with van der Waals surface area (Å²) < 4.78 is 5.56. The van der Waals surface area contributed by atoms with Crippen LogP contribution in [0, 0.1) is 0 Å². The van der Waals surface area contributed by atoms with Gasteiger partial charge in [0.1, 0.15) is 0 Å². The van der Waals surface area contributed by atoms with E-state index >= 15 is 0 Å². The fraction of sp³-hybridized carbons (Fsp3) is 0.917. The highest BCUT2D eigenvalue weighted by Crippen LogP contribution is 2.29. The van der Waals surface area contributed by atoms with Crippen molar-refractivity contribution in [3.8, 4) is 0 Å². The van der Waals surface area contributed by atoms with Crippen molar-refractivity contribution in [1.29, 1.82) is 0 Å². The lowest BCUT2D eigenvalue weighted by Crippen LogP contribution is -2.51. The number of aliphatic hydroxyl groups is 2. The van der Waals surface area contributed by atoms with Crippen molar-refractivity contribution in [2.75, 3.05) is 38.4 Å². The SMILES string of the molecule is COC1(CNC(=O)NC(CO)CCO)CCSCC1. The lowest BCUT2D eigenvalue weighted by molar-refractivity contribution is -0.0138. The molecule has 0 spiro atoms. The predicted molar refractivity (Wildman–Crippen MR) is 75.4 cm³/mol. The summed E-state index contributed by atoms with van der Waals surface area (Å²) in [6.07, 6.45) is 2.19. The van der Waals surface area contributed by atoms with E-state index in [9.17, 15) is 4.79 Å². The van der Waals surface area contributed by atoms with Crippen LogP contribution < -0.4 is 10.6 Å². The van der Waals surface area contributed by atoms with Crippen molar-refractivity contribution in [2.24, 2.45) is 0 Å². The molecule has 0 aromatic carbocycles. The third-order valence-corrected chi connectivity index (χ3v) is 4.43. The maximum absolute atomic E-state index is 11.7. The average Bonchev–Trinajstić information content (AvgIpc) is 2.45. The van der Waals surface area contributed by atoms with Crippen molar-refractivity contribution >= 4 is 17.8 Å². The lowest BCUT2D eigenvalue weighted by atomic mass is 9.96. The number of rotatable bonds is 7. The first-order valence-electron chi connectivity index (χ1n) is 6.55. The minimum absolute atomic E-state index is 0.0647. The molecule has 7 heteroatoms. The number of methoxy groups -OCH3 is 1. The second-order valence-corrected chi connectivity index (χ2v) is 5.94. The Morgan fingerprint density at radius 1 is 1.42 bits per heavy atom. The van der Waals surface area contributed by atoms with Gasteiger partial charge in [-0.15, -0.1) is 0 Å². The predicted octanol–water partition coefficient (Wildman–Crippen LogP) is -0.0589. The van der Waals surface area contributed by atoms with Gasteiger partial charge in [-0.05, 0) is 30.8 Å². The number of urea groups is 1. The summed E-state index contributed by atoms with van der Waals surface area (Å²) in [5.41, 5.74) is -0.270. The van der Waals surface area contributed by atoms with Crippen molar-refractivity contribution in [3.63, 3.8) is 0 Å². The van der Waals surface area contributed by atoms with E-state index in [-0.39, 0.29) is 24.8 Å². The number of carbonyl (C=O) groups excluding carboxylic acids is 1. The Hall–Kier alpha value is -0.500. The number of nitrogens with one attached hydrogen (secondary N) is 2. The Kier molecular flexibility index (Phi) is 7.52. The Balaban J connectivity index is 2.35. The fourth-order valence-electron chi connectivity index (χ4n) is 2.04. The van der Waals surface area contributed by atoms with E-state index in [1.807, 2.05) is 11.8 Å². The van der Waals surface area contributed by atoms with Crippen LogP contribution in [-0.4, -0.2) is 66.3 Å². The first kappa shape index (κ1) is 16.6. The van der Waals surface area contributed by atoms with E-state index in [1.165, 1.54) is 0 Å². The molecule has 0 aromatic heterocycles.